The summed E-state index contributed by atoms with van der Waals surface area (Å²) in [6.45, 7) is 3.02. The van der Waals surface area contributed by atoms with Gasteiger partial charge in [0.25, 0.3) is 0 Å². The number of imide groups is 1. The second-order valence-electron chi connectivity index (χ2n) is 8.62. The Morgan fingerprint density at radius 2 is 1.41 bits per heavy atom. The monoisotopic (exact) mass is 393 g/mol. The largest absolute Gasteiger partial charge is 0.326 e. The van der Waals surface area contributed by atoms with Gasteiger partial charge in [-0.3, -0.25) is 24.1 Å². The van der Waals surface area contributed by atoms with Crippen LogP contribution in [0, 0.1) is 35.5 Å². The third-order valence-electron chi connectivity index (χ3n) is 6.94. The molecule has 2 saturated carbocycles. The van der Waals surface area contributed by atoms with E-state index in [-0.39, 0.29) is 41.4 Å². The molecule has 7 heteroatoms. The van der Waals surface area contributed by atoms with Crippen molar-refractivity contribution in [1.29, 1.82) is 0 Å². The van der Waals surface area contributed by atoms with Crippen molar-refractivity contribution < 1.29 is 19.2 Å². The van der Waals surface area contributed by atoms with Crippen LogP contribution in [-0.4, -0.2) is 34.6 Å². The van der Waals surface area contributed by atoms with E-state index in [0.717, 1.165) is 6.42 Å². The summed E-state index contributed by atoms with van der Waals surface area (Å²) in [5.74, 6) is -0.208. The molecule has 0 unspecified atom stereocenters. The highest BCUT2D eigenvalue weighted by Gasteiger charge is 2.67. The summed E-state index contributed by atoms with van der Waals surface area (Å²) in [4.78, 5) is 51.3. The lowest BCUT2D eigenvalue weighted by Crippen LogP contribution is -2.46. The molecule has 2 bridgehead atoms. The van der Waals surface area contributed by atoms with Crippen LogP contribution in [0.4, 0.5) is 11.4 Å². The summed E-state index contributed by atoms with van der Waals surface area (Å²) < 4.78 is 0. The number of nitrogens with zero attached hydrogens (tertiary/aromatic N) is 1. The topological polar surface area (TPSA) is 95.6 Å². The number of amides is 4. The van der Waals surface area contributed by atoms with Gasteiger partial charge in [0.1, 0.15) is 6.04 Å². The van der Waals surface area contributed by atoms with E-state index in [0.29, 0.717) is 23.2 Å². The summed E-state index contributed by atoms with van der Waals surface area (Å²) in [6.07, 6.45) is 5.35. The van der Waals surface area contributed by atoms with Gasteiger partial charge in [0.15, 0.2) is 0 Å². The third kappa shape index (κ3) is 2.71. The van der Waals surface area contributed by atoms with Crippen LogP contribution in [0.1, 0.15) is 20.3 Å². The number of carbonyl (C=O) groups excluding carboxylic acids is 4. The van der Waals surface area contributed by atoms with E-state index in [1.807, 2.05) is 0 Å². The summed E-state index contributed by atoms with van der Waals surface area (Å²) in [6, 6.07) is 5.82. The molecule has 29 heavy (non-hydrogen) atoms. The van der Waals surface area contributed by atoms with Crippen LogP contribution in [0.15, 0.2) is 36.4 Å². The number of anilines is 2. The zero-order valence-electron chi connectivity index (χ0n) is 16.3. The Morgan fingerprint density at radius 1 is 0.931 bits per heavy atom. The molecule has 0 radical (unpaired) electrons. The van der Waals surface area contributed by atoms with E-state index in [1.165, 1.54) is 11.8 Å². The van der Waals surface area contributed by atoms with E-state index < -0.39 is 11.9 Å². The van der Waals surface area contributed by atoms with Crippen LogP contribution in [0.2, 0.25) is 0 Å². The first-order valence-corrected chi connectivity index (χ1v) is 10.1. The van der Waals surface area contributed by atoms with Crippen LogP contribution in [0.5, 0.6) is 0 Å². The lowest BCUT2D eigenvalue weighted by Gasteiger charge is -2.37. The molecular weight excluding hydrogens is 370 g/mol. The van der Waals surface area contributed by atoms with Gasteiger partial charge in [-0.1, -0.05) is 12.2 Å². The molecule has 7 nitrogen and oxygen atoms in total. The first-order chi connectivity index (χ1) is 13.9. The number of nitrogens with one attached hydrogen (secondary N) is 2. The first-order valence-electron chi connectivity index (χ1n) is 10.1. The lowest BCUT2D eigenvalue weighted by molar-refractivity contribution is -0.146. The number of hydrogen-bond acceptors (Lipinski definition) is 4. The Bertz CT molecular complexity index is 917. The number of carbonyl (C=O) groups is 4. The molecule has 7 atom stereocenters. The molecule has 1 heterocycles. The van der Waals surface area contributed by atoms with Crippen molar-refractivity contribution in [2.75, 3.05) is 10.6 Å². The van der Waals surface area contributed by atoms with Gasteiger partial charge in [0.2, 0.25) is 23.6 Å². The predicted molar refractivity (Wildman–Crippen MR) is 105 cm³/mol. The smallest absolute Gasteiger partial charge is 0.247 e. The normalized spacial score (nSPS) is 34.5. The van der Waals surface area contributed by atoms with Gasteiger partial charge in [-0.2, -0.15) is 0 Å². The van der Waals surface area contributed by atoms with Crippen LogP contribution in [-0.2, 0) is 19.2 Å². The van der Waals surface area contributed by atoms with Gasteiger partial charge in [-0.15, -0.1) is 0 Å². The van der Waals surface area contributed by atoms with Gasteiger partial charge < -0.3 is 10.6 Å². The van der Waals surface area contributed by atoms with Gasteiger partial charge >= 0.3 is 0 Å². The Balaban J connectivity index is 1.30. The first kappa shape index (κ1) is 18.1. The Kier molecular flexibility index (Phi) is 3.91. The van der Waals surface area contributed by atoms with E-state index in [9.17, 15) is 19.2 Å². The molecule has 5 aliphatic rings. The number of likely N-dealkylation sites (tertiary alicyclic amines) is 1. The van der Waals surface area contributed by atoms with Crippen LogP contribution in [0.3, 0.4) is 0 Å². The average molecular weight is 393 g/mol. The minimum absolute atomic E-state index is 0.146. The molecule has 0 spiro atoms. The summed E-state index contributed by atoms with van der Waals surface area (Å²) >= 11 is 0. The second-order valence-corrected chi connectivity index (χ2v) is 8.62. The number of benzene rings is 1. The van der Waals surface area contributed by atoms with E-state index in [1.54, 1.807) is 31.2 Å². The molecule has 1 aliphatic heterocycles. The third-order valence-corrected chi connectivity index (χ3v) is 6.94. The van der Waals surface area contributed by atoms with Crippen molar-refractivity contribution in [1.82, 2.24) is 4.90 Å². The second kappa shape index (κ2) is 6.27. The van der Waals surface area contributed by atoms with Crippen LogP contribution >= 0.6 is 0 Å². The van der Waals surface area contributed by atoms with Gasteiger partial charge in [0, 0.05) is 18.3 Å². The Morgan fingerprint density at radius 3 is 1.90 bits per heavy atom. The Hall–Kier alpha value is -2.96. The molecular formula is C22H23N3O4. The highest BCUT2D eigenvalue weighted by atomic mass is 16.2. The van der Waals surface area contributed by atoms with Crippen LogP contribution < -0.4 is 10.6 Å². The maximum atomic E-state index is 13.1. The van der Waals surface area contributed by atoms with Crippen molar-refractivity contribution in [2.24, 2.45) is 35.5 Å². The maximum Gasteiger partial charge on any atom is 0.247 e. The van der Waals surface area contributed by atoms with E-state index >= 15 is 0 Å². The predicted octanol–water partition coefficient (Wildman–Crippen LogP) is 2.03. The SMILES string of the molecule is CC(=O)Nc1ccc(NC(=O)[C@H](C)N2C(=O)[C@@H]3[C@H]4C=C[C@@H]([C@@H]5C[C@@H]45)[C@@H]3C2=O)cc1. The minimum atomic E-state index is -0.869. The van der Waals surface area contributed by atoms with Gasteiger partial charge in [-0.25, -0.2) is 0 Å². The van der Waals surface area contributed by atoms with Crippen molar-refractivity contribution >= 4 is 35.0 Å². The van der Waals surface area contributed by atoms with E-state index in [4.69, 9.17) is 0 Å². The maximum absolute atomic E-state index is 13.1. The fourth-order valence-corrected chi connectivity index (χ4v) is 5.57. The van der Waals surface area contributed by atoms with Gasteiger partial charge in [-0.05, 0) is 61.3 Å². The average Bonchev–Trinajstić information content (AvgIpc) is 3.46. The molecule has 4 aliphatic carbocycles. The number of rotatable bonds is 4. The van der Waals surface area contributed by atoms with E-state index in [2.05, 4.69) is 22.8 Å². The van der Waals surface area contributed by atoms with Crippen LogP contribution in [0.25, 0.3) is 0 Å². The lowest BCUT2D eigenvalue weighted by atomic mass is 9.63. The molecule has 0 aromatic heterocycles. The fraction of sp³-hybridized carbons (Fsp3) is 0.455. The van der Waals surface area contributed by atoms with Gasteiger partial charge in [0.05, 0.1) is 11.8 Å². The molecule has 6 rings (SSSR count). The number of hydrogen-bond donors (Lipinski definition) is 2. The molecule has 3 fully saturated rings. The summed E-state index contributed by atoms with van der Waals surface area (Å²) in [7, 11) is 0. The van der Waals surface area contributed by atoms with Crippen molar-refractivity contribution in [3.8, 4) is 0 Å². The van der Waals surface area contributed by atoms with Crippen molar-refractivity contribution in [3.05, 3.63) is 36.4 Å². The zero-order valence-corrected chi connectivity index (χ0v) is 16.3. The molecule has 1 saturated heterocycles. The fourth-order valence-electron chi connectivity index (χ4n) is 5.57. The summed E-state index contributed by atoms with van der Waals surface area (Å²) in [5, 5.41) is 5.42. The minimum Gasteiger partial charge on any atom is -0.326 e. The van der Waals surface area contributed by atoms with Crippen molar-refractivity contribution in [2.45, 2.75) is 26.3 Å². The zero-order chi connectivity index (χ0) is 20.4. The standard InChI is InChI=1S/C22H23N3O4/c1-10(20(27)24-13-5-3-12(4-6-13)23-11(2)26)25-21(28)18-14-7-8-15(17-9-16(14)17)19(18)22(25)29/h3-8,10,14-19H,9H2,1-2H3,(H,23,26)(H,24,27)/t10-,14-,15-,16-,17-,18-,19+/m0/s1. The Labute approximate surface area is 168 Å². The molecule has 1 aromatic rings. The molecule has 2 N–H and O–H groups in total. The van der Waals surface area contributed by atoms with Crippen molar-refractivity contribution in [3.63, 3.8) is 0 Å². The highest BCUT2D eigenvalue weighted by molar-refractivity contribution is 6.10. The highest BCUT2D eigenvalue weighted by Crippen LogP contribution is 2.65. The molecule has 1 aromatic carbocycles. The molecule has 4 amide bonds. The summed E-state index contributed by atoms with van der Waals surface area (Å²) in [5.41, 5.74) is 1.16. The molecule has 150 valence electrons. The quantitative estimate of drug-likeness (QED) is 0.604. The number of allylic oxidation sites excluding steroid dienone is 2.